The van der Waals surface area contributed by atoms with E-state index in [1.54, 1.807) is 10.9 Å². The Morgan fingerprint density at radius 3 is 2.95 bits per heavy atom. The van der Waals surface area contributed by atoms with E-state index >= 15 is 0 Å². The number of nitrogens with one attached hydrogen (secondary N) is 2. The summed E-state index contributed by atoms with van der Waals surface area (Å²) in [6, 6.07) is 9.77. The van der Waals surface area contributed by atoms with Crippen molar-refractivity contribution in [3.8, 4) is 5.69 Å². The number of nitrogens with zero attached hydrogens (tertiary/aromatic N) is 3. The van der Waals surface area contributed by atoms with Crippen LogP contribution in [0.15, 0.2) is 47.7 Å². The van der Waals surface area contributed by atoms with Crippen molar-refractivity contribution < 1.29 is 9.90 Å². The lowest BCUT2D eigenvalue weighted by atomic mass is 10.3. The largest absolute Gasteiger partial charge is 0.481 e. The van der Waals surface area contributed by atoms with E-state index in [1.807, 2.05) is 36.5 Å². The molecule has 2 aromatic rings. The van der Waals surface area contributed by atoms with Gasteiger partial charge >= 0.3 is 5.97 Å². The quantitative estimate of drug-likeness (QED) is 0.758. The minimum atomic E-state index is -0.859. The Hall–Kier alpha value is -2.32. The van der Waals surface area contributed by atoms with Gasteiger partial charge in [0.25, 0.3) is 0 Å². The van der Waals surface area contributed by atoms with Gasteiger partial charge in [-0.2, -0.15) is 5.10 Å². The molecule has 1 unspecified atom stereocenters. The molecule has 0 saturated carbocycles. The van der Waals surface area contributed by atoms with Crippen LogP contribution in [0, 0.1) is 0 Å². The Morgan fingerprint density at radius 2 is 2.19 bits per heavy atom. The molecule has 3 rings (SSSR count). The van der Waals surface area contributed by atoms with Gasteiger partial charge in [0.05, 0.1) is 23.2 Å². The number of carboxylic acid groups (broad SMARTS) is 1. The van der Waals surface area contributed by atoms with Crippen molar-refractivity contribution in [1.82, 2.24) is 20.6 Å². The van der Waals surface area contributed by atoms with Crippen molar-refractivity contribution in [2.45, 2.75) is 5.50 Å². The standard InChI is InChI=1S/C13H13N5O2S/c19-11(20)8-21-13-15-12(16-17-13)9-6-14-18(7-9)10-4-2-1-3-5-10/h1-7,13,17H,8H2,(H,15,16)(H,19,20). The van der Waals surface area contributed by atoms with E-state index in [1.165, 1.54) is 11.8 Å². The first-order valence-corrected chi connectivity index (χ1v) is 7.30. The predicted octanol–water partition coefficient (Wildman–Crippen LogP) is 0.828. The molecular weight excluding hydrogens is 290 g/mol. The van der Waals surface area contributed by atoms with Crippen LogP contribution >= 0.6 is 11.8 Å². The molecule has 3 N–H and O–H groups in total. The van der Waals surface area contributed by atoms with E-state index in [9.17, 15) is 4.79 Å². The number of benzene rings is 1. The molecule has 0 fully saturated rings. The number of rotatable bonds is 5. The van der Waals surface area contributed by atoms with Gasteiger partial charge in [-0.3, -0.25) is 4.79 Å². The van der Waals surface area contributed by atoms with Crippen LogP contribution in [0.4, 0.5) is 0 Å². The first-order valence-electron chi connectivity index (χ1n) is 6.25. The van der Waals surface area contributed by atoms with Gasteiger partial charge in [0, 0.05) is 6.20 Å². The van der Waals surface area contributed by atoms with Gasteiger partial charge in [-0.1, -0.05) is 18.2 Å². The van der Waals surface area contributed by atoms with Gasteiger partial charge in [-0.05, 0) is 12.1 Å². The smallest absolute Gasteiger partial charge is 0.313 e. The second-order valence-corrected chi connectivity index (χ2v) is 5.38. The zero-order valence-corrected chi connectivity index (χ0v) is 11.7. The fourth-order valence-electron chi connectivity index (χ4n) is 1.85. The number of para-hydroxylation sites is 1. The molecular formula is C13H13N5O2S. The van der Waals surface area contributed by atoms with Gasteiger partial charge < -0.3 is 10.5 Å². The molecule has 0 aliphatic carbocycles. The second-order valence-electron chi connectivity index (χ2n) is 4.31. The van der Waals surface area contributed by atoms with Gasteiger partial charge in [0.2, 0.25) is 0 Å². The first-order chi connectivity index (χ1) is 10.2. The molecule has 0 amide bonds. The van der Waals surface area contributed by atoms with Crippen molar-refractivity contribution >= 4 is 23.6 Å². The van der Waals surface area contributed by atoms with Crippen LogP contribution in [0.1, 0.15) is 5.56 Å². The fourth-order valence-corrected chi connectivity index (χ4v) is 2.48. The molecule has 0 bridgehead atoms. The lowest BCUT2D eigenvalue weighted by molar-refractivity contribution is -0.133. The number of aliphatic imine (C=N–C) groups is 1. The van der Waals surface area contributed by atoms with Crippen LogP contribution in [-0.2, 0) is 4.79 Å². The Bertz CT molecular complexity index is 670. The molecule has 1 atom stereocenters. The summed E-state index contributed by atoms with van der Waals surface area (Å²) in [5.41, 5.74) is 7.36. The van der Waals surface area contributed by atoms with Crippen molar-refractivity contribution in [2.75, 3.05) is 5.75 Å². The molecule has 1 aromatic carbocycles. The van der Waals surface area contributed by atoms with Crippen LogP contribution in [0.2, 0.25) is 0 Å². The van der Waals surface area contributed by atoms with E-state index < -0.39 is 5.97 Å². The lowest BCUT2D eigenvalue weighted by Gasteiger charge is -2.03. The van der Waals surface area contributed by atoms with E-state index in [4.69, 9.17) is 5.11 Å². The Kier molecular flexibility index (Phi) is 3.89. The molecule has 1 aliphatic heterocycles. The maximum atomic E-state index is 10.5. The van der Waals surface area contributed by atoms with Gasteiger partial charge in [0.15, 0.2) is 5.50 Å². The molecule has 7 nitrogen and oxygen atoms in total. The maximum Gasteiger partial charge on any atom is 0.313 e. The van der Waals surface area contributed by atoms with Crippen LogP contribution in [-0.4, -0.2) is 37.9 Å². The third-order valence-corrected chi connectivity index (χ3v) is 3.75. The summed E-state index contributed by atoms with van der Waals surface area (Å²) in [6.07, 6.45) is 3.58. The zero-order chi connectivity index (χ0) is 14.7. The molecule has 108 valence electrons. The van der Waals surface area contributed by atoms with E-state index in [2.05, 4.69) is 20.9 Å². The lowest BCUT2D eigenvalue weighted by Crippen LogP contribution is -2.34. The highest BCUT2D eigenvalue weighted by Gasteiger charge is 2.19. The molecule has 21 heavy (non-hydrogen) atoms. The van der Waals surface area contributed by atoms with Crippen molar-refractivity contribution in [2.24, 2.45) is 4.99 Å². The molecule has 0 saturated heterocycles. The number of thioether (sulfide) groups is 1. The first kappa shape index (κ1) is 13.7. The highest BCUT2D eigenvalue weighted by Crippen LogP contribution is 2.15. The van der Waals surface area contributed by atoms with Crippen LogP contribution in [0.3, 0.4) is 0 Å². The van der Waals surface area contributed by atoms with Gasteiger partial charge in [-0.25, -0.2) is 15.1 Å². The van der Waals surface area contributed by atoms with E-state index in [0.29, 0.717) is 5.84 Å². The monoisotopic (exact) mass is 303 g/mol. The molecule has 1 aromatic heterocycles. The average molecular weight is 303 g/mol. The van der Waals surface area contributed by atoms with E-state index in [-0.39, 0.29) is 11.3 Å². The molecule has 8 heteroatoms. The summed E-state index contributed by atoms with van der Waals surface area (Å²) in [6.45, 7) is 0. The molecule has 0 radical (unpaired) electrons. The summed E-state index contributed by atoms with van der Waals surface area (Å²) in [5.74, 6) is -0.207. The number of carbonyl (C=O) groups is 1. The topological polar surface area (TPSA) is 91.5 Å². The molecule has 1 aliphatic rings. The third kappa shape index (κ3) is 3.23. The fraction of sp³-hybridized carbons (Fsp3) is 0.154. The highest BCUT2D eigenvalue weighted by molar-refractivity contribution is 8.00. The minimum Gasteiger partial charge on any atom is -0.481 e. The van der Waals surface area contributed by atoms with Crippen molar-refractivity contribution in [3.63, 3.8) is 0 Å². The van der Waals surface area contributed by atoms with Crippen LogP contribution in [0.5, 0.6) is 0 Å². The van der Waals surface area contributed by atoms with Crippen LogP contribution in [0.25, 0.3) is 5.69 Å². The molecule has 2 heterocycles. The zero-order valence-electron chi connectivity index (χ0n) is 10.9. The Morgan fingerprint density at radius 1 is 1.38 bits per heavy atom. The Labute approximate surface area is 125 Å². The number of hydrazine groups is 1. The summed E-state index contributed by atoms with van der Waals surface area (Å²) in [4.78, 5) is 14.9. The third-order valence-electron chi connectivity index (χ3n) is 2.80. The van der Waals surface area contributed by atoms with Crippen molar-refractivity contribution in [1.29, 1.82) is 0 Å². The average Bonchev–Trinajstić information content (AvgIpc) is 3.15. The summed E-state index contributed by atoms with van der Waals surface area (Å²) in [5, 5.41) is 13.0. The summed E-state index contributed by atoms with van der Waals surface area (Å²) >= 11 is 1.21. The number of hydrogen-bond acceptors (Lipinski definition) is 6. The number of carboxylic acids is 1. The summed E-state index contributed by atoms with van der Waals surface area (Å²) < 4.78 is 1.76. The minimum absolute atomic E-state index is 0.000591. The van der Waals surface area contributed by atoms with Gasteiger partial charge in [-0.15, -0.1) is 11.8 Å². The second kappa shape index (κ2) is 5.98. The number of aromatic nitrogens is 2. The maximum absolute atomic E-state index is 10.5. The summed E-state index contributed by atoms with van der Waals surface area (Å²) in [7, 11) is 0. The molecule has 0 spiro atoms. The number of hydrogen-bond donors (Lipinski definition) is 3. The number of amidine groups is 1. The van der Waals surface area contributed by atoms with Crippen LogP contribution < -0.4 is 10.9 Å². The SMILES string of the molecule is O=C(O)CSC1N=C(c2cnn(-c3ccccc3)c2)NN1. The Balaban J connectivity index is 1.72. The van der Waals surface area contributed by atoms with Crippen molar-refractivity contribution in [3.05, 3.63) is 48.3 Å². The highest BCUT2D eigenvalue weighted by atomic mass is 32.2. The predicted molar refractivity (Wildman–Crippen MR) is 80.3 cm³/mol. The van der Waals surface area contributed by atoms with Gasteiger partial charge in [0.1, 0.15) is 5.84 Å². The number of aliphatic carboxylic acids is 1. The van der Waals surface area contributed by atoms with E-state index in [0.717, 1.165) is 11.3 Å². The normalized spacial score (nSPS) is 17.3.